The molecule has 0 aromatic heterocycles. The van der Waals surface area contributed by atoms with Gasteiger partial charge in [0.2, 0.25) is 0 Å². The standard InChI is InChI=1S/C21H40/c1-4-21(3,5-2)20-15-13-11-9-7-6-8-10-12-14-18-16-19(20)17-18/h18-20H,4-17H2,1-3H3. The first-order valence-electron chi connectivity index (χ1n) is 10.2. The fourth-order valence-electron chi connectivity index (χ4n) is 5.14. The van der Waals surface area contributed by atoms with E-state index in [0.29, 0.717) is 5.41 Å². The average Bonchev–Trinajstić information content (AvgIpc) is 2.47. The quantitative estimate of drug-likeness (QED) is 0.509. The predicted octanol–water partition coefficient (Wildman–Crippen LogP) is 7.37. The number of hydrogen-bond acceptors (Lipinski definition) is 0. The van der Waals surface area contributed by atoms with Crippen LogP contribution in [0.25, 0.3) is 0 Å². The molecule has 1 atom stereocenters. The Morgan fingerprint density at radius 1 is 0.714 bits per heavy atom. The van der Waals surface area contributed by atoms with Crippen LogP contribution in [0, 0.1) is 23.2 Å². The summed E-state index contributed by atoms with van der Waals surface area (Å²) in [5.74, 6) is 3.19. The van der Waals surface area contributed by atoms with E-state index in [0.717, 1.165) is 17.8 Å². The molecule has 0 aromatic rings. The van der Waals surface area contributed by atoms with E-state index < -0.39 is 0 Å². The van der Waals surface area contributed by atoms with Gasteiger partial charge in [0, 0.05) is 0 Å². The molecule has 2 bridgehead atoms. The second-order valence-electron chi connectivity index (χ2n) is 8.47. The minimum Gasteiger partial charge on any atom is -0.0649 e. The fourth-order valence-corrected chi connectivity index (χ4v) is 5.14. The lowest BCUT2D eigenvalue weighted by molar-refractivity contribution is 0.0161. The monoisotopic (exact) mass is 292 g/mol. The van der Waals surface area contributed by atoms with Crippen LogP contribution in [0.3, 0.4) is 0 Å². The molecule has 3 aliphatic rings. The van der Waals surface area contributed by atoms with Gasteiger partial charge in [0.25, 0.3) is 0 Å². The third-order valence-electron chi connectivity index (χ3n) is 7.23. The molecule has 124 valence electrons. The van der Waals surface area contributed by atoms with Crippen LogP contribution in [-0.4, -0.2) is 0 Å². The van der Waals surface area contributed by atoms with Gasteiger partial charge >= 0.3 is 0 Å². The van der Waals surface area contributed by atoms with Crippen molar-refractivity contribution in [1.29, 1.82) is 0 Å². The summed E-state index contributed by atoms with van der Waals surface area (Å²) in [5.41, 5.74) is 0.618. The van der Waals surface area contributed by atoms with E-state index >= 15 is 0 Å². The van der Waals surface area contributed by atoms with Gasteiger partial charge in [-0.05, 0) is 42.4 Å². The first-order valence-corrected chi connectivity index (χ1v) is 10.2. The molecular weight excluding hydrogens is 252 g/mol. The first kappa shape index (κ1) is 17.4. The van der Waals surface area contributed by atoms with Crippen molar-refractivity contribution in [3.63, 3.8) is 0 Å². The van der Waals surface area contributed by atoms with Gasteiger partial charge in [-0.15, -0.1) is 0 Å². The van der Waals surface area contributed by atoms with Crippen molar-refractivity contribution in [3.8, 4) is 0 Å². The van der Waals surface area contributed by atoms with E-state index in [9.17, 15) is 0 Å². The van der Waals surface area contributed by atoms with Gasteiger partial charge in [-0.2, -0.15) is 0 Å². The molecule has 0 aliphatic heterocycles. The smallest absolute Gasteiger partial charge is 0.0300 e. The highest BCUT2D eigenvalue weighted by Gasteiger charge is 2.41. The summed E-state index contributed by atoms with van der Waals surface area (Å²) in [7, 11) is 0. The van der Waals surface area contributed by atoms with Crippen molar-refractivity contribution >= 4 is 0 Å². The summed E-state index contributed by atoms with van der Waals surface area (Å²) in [6.07, 6.45) is 21.0. The predicted molar refractivity (Wildman–Crippen MR) is 94.6 cm³/mol. The highest BCUT2D eigenvalue weighted by molar-refractivity contribution is 4.92. The molecule has 21 heavy (non-hydrogen) atoms. The van der Waals surface area contributed by atoms with Crippen LogP contribution in [0.2, 0.25) is 0 Å². The normalized spacial score (nSPS) is 33.0. The maximum Gasteiger partial charge on any atom is -0.0300 e. The third kappa shape index (κ3) is 4.73. The van der Waals surface area contributed by atoms with Gasteiger partial charge in [-0.25, -0.2) is 0 Å². The molecule has 0 N–H and O–H groups in total. The Bertz CT molecular complexity index is 270. The Kier molecular flexibility index (Phi) is 7.10. The average molecular weight is 293 g/mol. The highest BCUT2D eigenvalue weighted by atomic mass is 14.5. The van der Waals surface area contributed by atoms with Gasteiger partial charge in [0.05, 0.1) is 0 Å². The van der Waals surface area contributed by atoms with Gasteiger partial charge in [0.1, 0.15) is 0 Å². The molecule has 0 radical (unpaired) electrons. The maximum absolute atomic E-state index is 2.59. The zero-order chi connectivity index (χ0) is 15.1. The molecule has 3 rings (SSSR count). The van der Waals surface area contributed by atoms with Crippen molar-refractivity contribution in [2.24, 2.45) is 23.2 Å². The van der Waals surface area contributed by atoms with E-state index in [1.165, 1.54) is 77.0 Å². The van der Waals surface area contributed by atoms with E-state index in [1.807, 2.05) is 0 Å². The summed E-state index contributed by atoms with van der Waals surface area (Å²) in [5, 5.41) is 0. The summed E-state index contributed by atoms with van der Waals surface area (Å²) in [6, 6.07) is 0. The molecule has 0 spiro atoms. The zero-order valence-electron chi connectivity index (χ0n) is 15.1. The van der Waals surface area contributed by atoms with Gasteiger partial charge < -0.3 is 0 Å². The van der Waals surface area contributed by atoms with Crippen LogP contribution in [0.15, 0.2) is 0 Å². The molecule has 3 saturated carbocycles. The molecule has 3 fully saturated rings. The second-order valence-corrected chi connectivity index (χ2v) is 8.47. The number of rotatable bonds is 3. The first-order chi connectivity index (χ1) is 10.2. The molecule has 0 amide bonds. The molecule has 0 aromatic carbocycles. The van der Waals surface area contributed by atoms with Crippen molar-refractivity contribution < 1.29 is 0 Å². The van der Waals surface area contributed by atoms with E-state index in [1.54, 1.807) is 12.8 Å². The Morgan fingerprint density at radius 3 is 1.71 bits per heavy atom. The van der Waals surface area contributed by atoms with Crippen molar-refractivity contribution in [1.82, 2.24) is 0 Å². The van der Waals surface area contributed by atoms with Gasteiger partial charge in [-0.1, -0.05) is 91.4 Å². The summed E-state index contributed by atoms with van der Waals surface area (Å²) in [4.78, 5) is 0. The molecule has 0 nitrogen and oxygen atoms in total. The number of hydrogen-bond donors (Lipinski definition) is 0. The molecular formula is C21H40. The lowest BCUT2D eigenvalue weighted by atomic mass is 9.57. The third-order valence-corrected chi connectivity index (χ3v) is 7.23. The lowest BCUT2D eigenvalue weighted by Crippen LogP contribution is -2.39. The molecule has 0 saturated heterocycles. The summed E-state index contributed by atoms with van der Waals surface area (Å²) >= 11 is 0. The van der Waals surface area contributed by atoms with Gasteiger partial charge in [-0.3, -0.25) is 0 Å². The molecule has 0 heteroatoms. The molecule has 0 heterocycles. The SMILES string of the molecule is CCC(C)(CC)C1CCCCCCCCCCC2CC1C2. The van der Waals surface area contributed by atoms with Crippen LogP contribution in [0.5, 0.6) is 0 Å². The second kappa shape index (κ2) is 8.59. The van der Waals surface area contributed by atoms with Crippen LogP contribution < -0.4 is 0 Å². The van der Waals surface area contributed by atoms with Gasteiger partial charge in [0.15, 0.2) is 0 Å². The Balaban J connectivity index is 1.94. The van der Waals surface area contributed by atoms with Crippen LogP contribution >= 0.6 is 0 Å². The topological polar surface area (TPSA) is 0 Å². The highest BCUT2D eigenvalue weighted by Crippen LogP contribution is 2.52. The Labute approximate surface area is 134 Å². The summed E-state index contributed by atoms with van der Waals surface area (Å²) < 4.78 is 0. The fraction of sp³-hybridized carbons (Fsp3) is 1.00. The largest absolute Gasteiger partial charge is 0.0649 e. The van der Waals surface area contributed by atoms with E-state index in [-0.39, 0.29) is 0 Å². The number of fused-ring (bicyclic) bond motifs is 10. The van der Waals surface area contributed by atoms with Crippen LogP contribution in [-0.2, 0) is 0 Å². The molecule has 3 aliphatic carbocycles. The van der Waals surface area contributed by atoms with E-state index in [2.05, 4.69) is 20.8 Å². The minimum absolute atomic E-state index is 0.618. The van der Waals surface area contributed by atoms with E-state index in [4.69, 9.17) is 0 Å². The summed E-state index contributed by atoms with van der Waals surface area (Å²) in [6.45, 7) is 7.46. The van der Waals surface area contributed by atoms with Crippen molar-refractivity contribution in [2.45, 2.75) is 111 Å². The maximum atomic E-state index is 2.59. The lowest BCUT2D eigenvalue weighted by Gasteiger charge is -2.48. The Morgan fingerprint density at radius 2 is 1.19 bits per heavy atom. The van der Waals surface area contributed by atoms with Crippen molar-refractivity contribution in [3.05, 3.63) is 0 Å². The Hall–Kier alpha value is 0. The van der Waals surface area contributed by atoms with Crippen molar-refractivity contribution in [2.75, 3.05) is 0 Å². The molecule has 1 unspecified atom stereocenters. The van der Waals surface area contributed by atoms with Crippen LogP contribution in [0.1, 0.15) is 111 Å². The zero-order valence-corrected chi connectivity index (χ0v) is 15.1. The van der Waals surface area contributed by atoms with Crippen LogP contribution in [0.4, 0.5) is 0 Å². The minimum atomic E-state index is 0.618.